The molecule has 0 aliphatic carbocycles. The highest BCUT2D eigenvalue weighted by molar-refractivity contribution is 7.98. The molecule has 1 heterocycles. The highest BCUT2D eigenvalue weighted by Crippen LogP contribution is 2.32. The summed E-state index contributed by atoms with van der Waals surface area (Å²) in [4.78, 5) is 17.5. The molecule has 0 aliphatic rings. The second-order valence-corrected chi connectivity index (χ2v) is 8.30. The summed E-state index contributed by atoms with van der Waals surface area (Å²) < 4.78 is 0. The number of thioether (sulfide) groups is 1. The molecule has 0 unspecified atom stereocenters. The highest BCUT2D eigenvalue weighted by atomic mass is 35.5. The van der Waals surface area contributed by atoms with Gasteiger partial charge in [0, 0.05) is 33.6 Å². The van der Waals surface area contributed by atoms with Gasteiger partial charge in [-0.2, -0.15) is 0 Å². The van der Waals surface area contributed by atoms with Crippen molar-refractivity contribution in [3.8, 4) is 22.4 Å². The van der Waals surface area contributed by atoms with Gasteiger partial charge in [-0.15, -0.1) is 11.8 Å². The lowest BCUT2D eigenvalue weighted by Gasteiger charge is -2.13. The van der Waals surface area contributed by atoms with Gasteiger partial charge in [0.1, 0.15) is 0 Å². The fraction of sp³-hybridized carbons (Fsp3) is 0.0800. The summed E-state index contributed by atoms with van der Waals surface area (Å²) in [5.74, 6) is -0.154. The molecule has 3 nitrogen and oxygen atoms in total. The normalized spacial score (nSPS) is 10.8. The molecule has 0 spiro atoms. The predicted octanol–water partition coefficient (Wildman–Crippen LogP) is 7.28. The maximum Gasteiger partial charge on any atom is 0.256 e. The first-order valence-corrected chi connectivity index (χ1v) is 11.1. The van der Waals surface area contributed by atoms with Crippen LogP contribution < -0.4 is 5.32 Å². The summed E-state index contributed by atoms with van der Waals surface area (Å²) in [6, 6.07) is 23.5. The van der Waals surface area contributed by atoms with Crippen molar-refractivity contribution >= 4 is 35.0 Å². The maximum absolute atomic E-state index is 13.2. The molecule has 4 rings (SSSR count). The van der Waals surface area contributed by atoms with E-state index in [0.717, 1.165) is 32.8 Å². The number of halogens is 1. The molecular formula is C25H21ClN2OS. The van der Waals surface area contributed by atoms with Crippen LogP contribution in [0.5, 0.6) is 0 Å². The molecule has 5 heteroatoms. The summed E-state index contributed by atoms with van der Waals surface area (Å²) in [6.45, 7) is 2.05. The number of amides is 1. The first-order chi connectivity index (χ1) is 14.5. The zero-order chi connectivity index (χ0) is 21.1. The zero-order valence-corrected chi connectivity index (χ0v) is 18.3. The fourth-order valence-corrected chi connectivity index (χ4v) is 4.06. The van der Waals surface area contributed by atoms with Crippen molar-refractivity contribution in [3.05, 3.63) is 95.1 Å². The Bertz CT molecular complexity index is 1200. The lowest BCUT2D eigenvalue weighted by atomic mass is 9.97. The lowest BCUT2D eigenvalue weighted by Crippen LogP contribution is -2.13. The Morgan fingerprint density at radius 2 is 1.83 bits per heavy atom. The van der Waals surface area contributed by atoms with E-state index in [1.54, 1.807) is 17.8 Å². The van der Waals surface area contributed by atoms with E-state index in [1.807, 2.05) is 61.0 Å². The van der Waals surface area contributed by atoms with Gasteiger partial charge in [0.2, 0.25) is 0 Å². The van der Waals surface area contributed by atoms with Crippen LogP contribution in [0.1, 0.15) is 15.9 Å². The minimum Gasteiger partial charge on any atom is -0.361 e. The molecule has 0 atom stereocenters. The third-order valence-electron chi connectivity index (χ3n) is 4.91. The average molecular weight is 433 g/mol. The van der Waals surface area contributed by atoms with Gasteiger partial charge in [0.25, 0.3) is 5.91 Å². The Morgan fingerprint density at radius 1 is 0.967 bits per heavy atom. The Labute approximate surface area is 185 Å². The molecule has 3 aromatic carbocycles. The number of aromatic amines is 1. The molecule has 0 bridgehead atoms. The topological polar surface area (TPSA) is 44.9 Å². The summed E-state index contributed by atoms with van der Waals surface area (Å²) in [6.07, 6.45) is 3.88. The molecule has 2 N–H and O–H groups in total. The summed E-state index contributed by atoms with van der Waals surface area (Å²) in [7, 11) is 0. The number of hydrogen-bond donors (Lipinski definition) is 2. The summed E-state index contributed by atoms with van der Waals surface area (Å²) in [5, 5.41) is 3.66. The van der Waals surface area contributed by atoms with Crippen molar-refractivity contribution in [1.82, 2.24) is 4.98 Å². The lowest BCUT2D eigenvalue weighted by molar-refractivity contribution is 0.102. The Hall–Kier alpha value is -2.95. The first kappa shape index (κ1) is 20.3. The highest BCUT2D eigenvalue weighted by Gasteiger charge is 2.15. The van der Waals surface area contributed by atoms with E-state index in [2.05, 4.69) is 35.4 Å². The minimum atomic E-state index is -0.154. The van der Waals surface area contributed by atoms with Crippen molar-refractivity contribution in [2.24, 2.45) is 0 Å². The van der Waals surface area contributed by atoms with Crippen molar-refractivity contribution < 1.29 is 4.79 Å². The van der Waals surface area contributed by atoms with Crippen LogP contribution in [-0.2, 0) is 0 Å². The van der Waals surface area contributed by atoms with Gasteiger partial charge in [0.15, 0.2) is 0 Å². The van der Waals surface area contributed by atoms with Gasteiger partial charge in [0.05, 0.1) is 5.02 Å². The number of carbonyl (C=O) groups is 1. The number of nitrogens with one attached hydrogen (secondary N) is 2. The van der Waals surface area contributed by atoms with Crippen LogP contribution in [0.25, 0.3) is 22.4 Å². The molecule has 0 saturated carbocycles. The summed E-state index contributed by atoms with van der Waals surface area (Å²) >= 11 is 8.02. The van der Waals surface area contributed by atoms with Crippen LogP contribution in [0.4, 0.5) is 5.69 Å². The molecule has 150 valence electrons. The maximum atomic E-state index is 13.2. The number of aromatic nitrogens is 1. The van der Waals surface area contributed by atoms with Crippen molar-refractivity contribution in [2.45, 2.75) is 11.8 Å². The van der Waals surface area contributed by atoms with Crippen molar-refractivity contribution in [3.63, 3.8) is 0 Å². The second-order valence-electron chi connectivity index (χ2n) is 7.01. The standard InChI is InChI=1S/C25H21ClN2OS/c1-16-5-3-6-17(13-16)21-15-19(30-2)9-10-20(21)25(29)28-18-8-11-23(26)22(14-18)24-7-4-12-27-24/h3-15,27H,1-2H3,(H,28,29). The van der Waals surface area contributed by atoms with E-state index >= 15 is 0 Å². The van der Waals surface area contributed by atoms with E-state index in [1.165, 1.54) is 0 Å². The molecule has 1 amide bonds. The van der Waals surface area contributed by atoms with E-state index < -0.39 is 0 Å². The number of anilines is 1. The molecule has 1 aromatic heterocycles. The largest absolute Gasteiger partial charge is 0.361 e. The molecule has 0 saturated heterocycles. The number of benzene rings is 3. The van der Waals surface area contributed by atoms with Crippen LogP contribution in [0.3, 0.4) is 0 Å². The number of H-pyrrole nitrogens is 1. The smallest absolute Gasteiger partial charge is 0.256 e. The van der Waals surface area contributed by atoms with Crippen LogP contribution in [0.2, 0.25) is 5.02 Å². The first-order valence-electron chi connectivity index (χ1n) is 9.55. The van der Waals surface area contributed by atoms with Crippen molar-refractivity contribution in [1.29, 1.82) is 0 Å². The van der Waals surface area contributed by atoms with Gasteiger partial charge >= 0.3 is 0 Å². The Morgan fingerprint density at radius 3 is 2.57 bits per heavy atom. The van der Waals surface area contributed by atoms with E-state index in [4.69, 9.17) is 11.6 Å². The third kappa shape index (κ3) is 4.30. The number of hydrogen-bond acceptors (Lipinski definition) is 2. The summed E-state index contributed by atoms with van der Waals surface area (Å²) in [5.41, 5.74) is 6.17. The van der Waals surface area contributed by atoms with Gasteiger partial charge in [-0.1, -0.05) is 41.4 Å². The average Bonchev–Trinajstić information content (AvgIpc) is 3.29. The van der Waals surface area contributed by atoms with Crippen LogP contribution >= 0.6 is 23.4 Å². The number of rotatable bonds is 5. The van der Waals surface area contributed by atoms with Crippen molar-refractivity contribution in [2.75, 3.05) is 11.6 Å². The molecule has 4 aromatic rings. The van der Waals surface area contributed by atoms with Gasteiger partial charge < -0.3 is 10.3 Å². The molecule has 30 heavy (non-hydrogen) atoms. The predicted molar refractivity (Wildman–Crippen MR) is 128 cm³/mol. The van der Waals surface area contributed by atoms with E-state index in [0.29, 0.717) is 16.3 Å². The Kier molecular flexibility index (Phi) is 5.98. The molecule has 0 fully saturated rings. The van der Waals surface area contributed by atoms with Gasteiger partial charge in [-0.3, -0.25) is 4.79 Å². The van der Waals surface area contributed by atoms with Crippen LogP contribution in [0, 0.1) is 6.92 Å². The third-order valence-corrected chi connectivity index (χ3v) is 5.97. The number of carbonyl (C=O) groups excluding carboxylic acids is 1. The van der Waals surface area contributed by atoms with E-state index in [9.17, 15) is 4.79 Å². The molecule has 0 radical (unpaired) electrons. The van der Waals surface area contributed by atoms with E-state index in [-0.39, 0.29) is 5.91 Å². The Balaban J connectivity index is 1.70. The molecule has 0 aliphatic heterocycles. The fourth-order valence-electron chi connectivity index (χ4n) is 3.41. The van der Waals surface area contributed by atoms with Gasteiger partial charge in [-0.25, -0.2) is 0 Å². The SMILES string of the molecule is CSc1ccc(C(=O)Nc2ccc(Cl)c(-c3ccc[nH]3)c2)c(-c2cccc(C)c2)c1. The van der Waals surface area contributed by atoms with Crippen LogP contribution in [0.15, 0.2) is 83.9 Å². The van der Waals surface area contributed by atoms with Gasteiger partial charge in [-0.05, 0) is 72.8 Å². The minimum absolute atomic E-state index is 0.154. The second kappa shape index (κ2) is 8.82. The monoisotopic (exact) mass is 432 g/mol. The quantitative estimate of drug-likeness (QED) is 0.325. The zero-order valence-electron chi connectivity index (χ0n) is 16.7. The number of aryl methyl sites for hydroxylation is 1. The van der Waals surface area contributed by atoms with Crippen LogP contribution in [-0.4, -0.2) is 17.1 Å². The molecular weight excluding hydrogens is 412 g/mol.